The molecule has 3 aromatic rings. The first-order chi connectivity index (χ1) is 12.1. The summed E-state index contributed by atoms with van der Waals surface area (Å²) in [6.45, 7) is 0. The normalized spacial score (nSPS) is 10.1. The third kappa shape index (κ3) is 4.33. The van der Waals surface area contributed by atoms with Gasteiger partial charge in [-0.1, -0.05) is 6.07 Å². The third-order valence-electron chi connectivity index (χ3n) is 3.10. The van der Waals surface area contributed by atoms with Crippen LogP contribution in [0, 0.1) is 0 Å². The second-order valence-corrected chi connectivity index (χ2v) is 5.31. The molecule has 0 bridgehead atoms. The maximum absolute atomic E-state index is 12.0. The van der Waals surface area contributed by atoms with Gasteiger partial charge >= 0.3 is 0 Å². The lowest BCUT2D eigenvalue weighted by atomic mass is 10.2. The van der Waals surface area contributed by atoms with Crippen LogP contribution in [-0.4, -0.2) is 16.9 Å². The van der Waals surface area contributed by atoms with E-state index in [1.165, 1.54) is 18.6 Å². The molecule has 2 amide bonds. The molecule has 3 rings (SSSR count). The van der Waals surface area contributed by atoms with E-state index in [0.29, 0.717) is 11.4 Å². The first-order valence-electron chi connectivity index (χ1n) is 7.22. The molecule has 1 aromatic carbocycles. The Labute approximate surface area is 148 Å². The van der Waals surface area contributed by atoms with Crippen LogP contribution in [0.15, 0.2) is 69.9 Å². The number of rotatable bonds is 4. The summed E-state index contributed by atoms with van der Waals surface area (Å²) in [7, 11) is 0. The number of carbonyl (C=O) groups excluding carboxylic acids is 2. The number of carbonyl (C=O) groups is 2. The highest BCUT2D eigenvalue weighted by atomic mass is 32.1. The van der Waals surface area contributed by atoms with Crippen molar-refractivity contribution < 1.29 is 18.4 Å². The zero-order valence-electron chi connectivity index (χ0n) is 12.8. The smallest absolute Gasteiger partial charge is 0.293 e. The minimum Gasteiger partial charge on any atom is -0.459 e. The van der Waals surface area contributed by atoms with Crippen molar-refractivity contribution in [3.63, 3.8) is 0 Å². The van der Waals surface area contributed by atoms with Gasteiger partial charge in [-0.15, -0.1) is 0 Å². The van der Waals surface area contributed by atoms with Crippen molar-refractivity contribution in [2.24, 2.45) is 0 Å². The highest BCUT2D eigenvalue weighted by Crippen LogP contribution is 2.16. The Morgan fingerprint density at radius 3 is 2.00 bits per heavy atom. The van der Waals surface area contributed by atoms with Gasteiger partial charge in [0.2, 0.25) is 0 Å². The molecule has 0 radical (unpaired) electrons. The van der Waals surface area contributed by atoms with E-state index in [1.54, 1.807) is 42.5 Å². The Balaban J connectivity index is 1.60. The van der Waals surface area contributed by atoms with Gasteiger partial charge in [-0.3, -0.25) is 14.9 Å². The van der Waals surface area contributed by atoms with E-state index in [0.717, 1.165) is 0 Å². The van der Waals surface area contributed by atoms with Crippen molar-refractivity contribution in [1.29, 1.82) is 0 Å². The Bertz CT molecular complexity index is 889. The molecule has 126 valence electrons. The van der Waals surface area contributed by atoms with Gasteiger partial charge in [-0.05, 0) is 54.7 Å². The van der Waals surface area contributed by atoms with E-state index >= 15 is 0 Å². The third-order valence-corrected chi connectivity index (χ3v) is 3.30. The number of benzene rings is 1. The summed E-state index contributed by atoms with van der Waals surface area (Å²) >= 11 is 5.10. The molecule has 25 heavy (non-hydrogen) atoms. The molecule has 0 saturated heterocycles. The fourth-order valence-electron chi connectivity index (χ4n) is 2.01. The van der Waals surface area contributed by atoms with Gasteiger partial charge in [0, 0.05) is 11.4 Å². The van der Waals surface area contributed by atoms with Crippen molar-refractivity contribution in [2.45, 2.75) is 0 Å². The Morgan fingerprint density at radius 1 is 0.800 bits per heavy atom. The van der Waals surface area contributed by atoms with Crippen LogP contribution in [-0.2, 0) is 0 Å². The molecule has 0 aliphatic rings. The first kappa shape index (κ1) is 16.5. The van der Waals surface area contributed by atoms with Crippen LogP contribution in [0.25, 0.3) is 0 Å². The summed E-state index contributed by atoms with van der Waals surface area (Å²) in [5.41, 5.74) is 1.15. The molecule has 0 unspecified atom stereocenters. The second-order valence-electron chi connectivity index (χ2n) is 4.90. The summed E-state index contributed by atoms with van der Waals surface area (Å²) in [4.78, 5) is 23.8. The van der Waals surface area contributed by atoms with Crippen molar-refractivity contribution in [3.05, 3.63) is 72.6 Å². The average Bonchev–Trinajstić information content (AvgIpc) is 3.29. The zero-order valence-corrected chi connectivity index (χ0v) is 13.6. The molecular formula is C17H13N3O4S. The molecule has 0 aliphatic carbocycles. The van der Waals surface area contributed by atoms with E-state index < -0.39 is 5.91 Å². The van der Waals surface area contributed by atoms with Crippen molar-refractivity contribution in [2.75, 3.05) is 10.6 Å². The van der Waals surface area contributed by atoms with Gasteiger partial charge in [0.05, 0.1) is 12.5 Å². The monoisotopic (exact) mass is 355 g/mol. The standard InChI is InChI=1S/C17H13N3O4S/c21-15(13-6-2-8-23-13)18-11-4-1-5-12(10-11)19-17(25)20-16(22)14-7-3-9-24-14/h1-10H,(H,18,21)(H2,19,20,22,25). The predicted molar refractivity (Wildman–Crippen MR) is 95.5 cm³/mol. The lowest BCUT2D eigenvalue weighted by Crippen LogP contribution is -2.33. The van der Waals surface area contributed by atoms with Gasteiger partial charge in [0.15, 0.2) is 16.6 Å². The number of anilines is 2. The fraction of sp³-hybridized carbons (Fsp3) is 0. The molecule has 2 heterocycles. The largest absolute Gasteiger partial charge is 0.459 e. The highest BCUT2D eigenvalue weighted by molar-refractivity contribution is 7.80. The summed E-state index contributed by atoms with van der Waals surface area (Å²) < 4.78 is 10.0. The van der Waals surface area contributed by atoms with Crippen molar-refractivity contribution in [3.8, 4) is 0 Å². The van der Waals surface area contributed by atoms with E-state index in [9.17, 15) is 9.59 Å². The highest BCUT2D eigenvalue weighted by Gasteiger charge is 2.11. The summed E-state index contributed by atoms with van der Waals surface area (Å²) in [6.07, 6.45) is 2.82. The average molecular weight is 355 g/mol. The van der Waals surface area contributed by atoms with E-state index in [2.05, 4.69) is 16.0 Å². The van der Waals surface area contributed by atoms with Crippen molar-refractivity contribution >= 4 is 40.5 Å². The summed E-state index contributed by atoms with van der Waals surface area (Å²) in [5.74, 6) is -0.455. The Kier molecular flexibility index (Phi) is 4.91. The first-order valence-corrected chi connectivity index (χ1v) is 7.63. The molecule has 3 N–H and O–H groups in total. The molecule has 0 atom stereocenters. The van der Waals surface area contributed by atoms with Gasteiger partial charge in [0.1, 0.15) is 0 Å². The van der Waals surface area contributed by atoms with Crippen LogP contribution in [0.1, 0.15) is 21.1 Å². The minimum absolute atomic E-state index is 0.107. The molecule has 2 aromatic heterocycles. The number of thiocarbonyl (C=S) groups is 1. The molecule has 7 nitrogen and oxygen atoms in total. The van der Waals surface area contributed by atoms with Gasteiger partial charge in [0.25, 0.3) is 11.8 Å². The predicted octanol–water partition coefficient (Wildman–Crippen LogP) is 3.25. The fourth-order valence-corrected chi connectivity index (χ4v) is 2.22. The van der Waals surface area contributed by atoms with Gasteiger partial charge in [-0.25, -0.2) is 0 Å². The van der Waals surface area contributed by atoms with Crippen molar-refractivity contribution in [1.82, 2.24) is 5.32 Å². The van der Waals surface area contributed by atoms with Gasteiger partial charge in [-0.2, -0.15) is 0 Å². The minimum atomic E-state index is -0.454. The van der Waals surface area contributed by atoms with E-state index in [4.69, 9.17) is 21.1 Å². The van der Waals surface area contributed by atoms with E-state index in [1.807, 2.05) is 0 Å². The summed E-state index contributed by atoms with van der Waals surface area (Å²) in [5, 5.41) is 8.18. The number of hydrogen-bond acceptors (Lipinski definition) is 5. The SMILES string of the molecule is O=C(NC(=S)Nc1cccc(NC(=O)c2ccco2)c1)c1ccco1. The number of amides is 2. The Hall–Kier alpha value is -3.39. The molecule has 0 spiro atoms. The quantitative estimate of drug-likeness (QED) is 0.622. The van der Waals surface area contributed by atoms with Crippen LogP contribution in [0.5, 0.6) is 0 Å². The zero-order chi connectivity index (χ0) is 17.6. The summed E-state index contributed by atoms with van der Waals surface area (Å²) in [6, 6.07) is 13.2. The lowest BCUT2D eigenvalue weighted by molar-refractivity contribution is 0.0949. The van der Waals surface area contributed by atoms with Crippen LogP contribution >= 0.6 is 12.2 Å². The lowest BCUT2D eigenvalue weighted by Gasteiger charge is -2.10. The molecule has 0 saturated carbocycles. The molecule has 8 heteroatoms. The van der Waals surface area contributed by atoms with Crippen LogP contribution in [0.3, 0.4) is 0 Å². The molecule has 0 fully saturated rings. The molecular weight excluding hydrogens is 342 g/mol. The maximum Gasteiger partial charge on any atom is 0.293 e. The van der Waals surface area contributed by atoms with Gasteiger partial charge < -0.3 is 19.5 Å². The van der Waals surface area contributed by atoms with E-state index in [-0.39, 0.29) is 22.5 Å². The van der Waals surface area contributed by atoms with Crippen LogP contribution in [0.4, 0.5) is 11.4 Å². The number of furan rings is 2. The number of nitrogens with one attached hydrogen (secondary N) is 3. The van der Waals surface area contributed by atoms with Crippen LogP contribution in [0.2, 0.25) is 0 Å². The molecule has 0 aliphatic heterocycles. The maximum atomic E-state index is 12.0. The Morgan fingerprint density at radius 2 is 1.40 bits per heavy atom. The number of hydrogen-bond donors (Lipinski definition) is 3. The van der Waals surface area contributed by atoms with Crippen LogP contribution < -0.4 is 16.0 Å². The second kappa shape index (κ2) is 7.45. The topological polar surface area (TPSA) is 96.5 Å².